The summed E-state index contributed by atoms with van der Waals surface area (Å²) in [5.41, 5.74) is 0. The predicted octanol–water partition coefficient (Wildman–Crippen LogP) is 2.19. The molecule has 0 rings (SSSR count). The third kappa shape index (κ3) is 11.4. The Kier molecular flexibility index (Phi) is 16.2. The Morgan fingerprint density at radius 2 is 2.00 bits per heavy atom. The summed E-state index contributed by atoms with van der Waals surface area (Å²) in [5.74, 6) is 0. The fourth-order valence-electron chi connectivity index (χ4n) is 0.548. The maximum absolute atomic E-state index is 5.14. The summed E-state index contributed by atoms with van der Waals surface area (Å²) in [7, 11) is 0. The molecule has 57 valence electrons. The molecule has 0 N–H and O–H groups in total. The first-order valence-corrected chi connectivity index (χ1v) is 3.39. The van der Waals surface area contributed by atoms with Gasteiger partial charge in [0.15, 0.2) is 0 Å². The van der Waals surface area contributed by atoms with E-state index in [2.05, 4.69) is 13.5 Å². The Bertz CT molecular complexity index is 64.3. The van der Waals surface area contributed by atoms with E-state index in [1.54, 1.807) is 6.08 Å². The normalized spacial score (nSPS) is 8.50. The van der Waals surface area contributed by atoms with Crippen molar-refractivity contribution in [2.75, 3.05) is 13.2 Å². The molecule has 1 nitrogen and oxygen atoms in total. The molecule has 0 amide bonds. The van der Waals surface area contributed by atoms with Gasteiger partial charge in [0.2, 0.25) is 0 Å². The maximum atomic E-state index is 5.14. The second kappa shape index (κ2) is 12.3. The van der Waals surface area contributed by atoms with Crippen molar-refractivity contribution in [1.82, 2.24) is 0 Å². The molecule has 0 unspecified atom stereocenters. The van der Waals surface area contributed by atoms with Crippen LogP contribution in [0.25, 0.3) is 0 Å². The average molecular weight is 218 g/mol. The van der Waals surface area contributed by atoms with Gasteiger partial charge < -0.3 is 4.74 Å². The molecule has 2 heteroatoms. The standard InChI is InChI=1S/C8H15O.Zr/c1-3-5-6-8-9-7-4-2;/h4H,1-3,5-8H2;. The number of hydrogen-bond donors (Lipinski definition) is 0. The Morgan fingerprint density at radius 1 is 1.30 bits per heavy atom. The molecule has 0 heterocycles. The minimum absolute atomic E-state index is 0. The fraction of sp³-hybridized carbons (Fsp3) is 0.625. The average Bonchev–Trinajstić information content (AvgIpc) is 1.89. The first kappa shape index (κ1) is 13.2. The van der Waals surface area contributed by atoms with Gasteiger partial charge >= 0.3 is 0 Å². The monoisotopic (exact) mass is 217 g/mol. The van der Waals surface area contributed by atoms with Crippen molar-refractivity contribution < 1.29 is 30.9 Å². The van der Waals surface area contributed by atoms with Crippen LogP contribution in [0.4, 0.5) is 0 Å². The van der Waals surface area contributed by atoms with Crippen LogP contribution in [0.2, 0.25) is 0 Å². The molecule has 0 saturated heterocycles. The fourth-order valence-corrected chi connectivity index (χ4v) is 0.548. The summed E-state index contributed by atoms with van der Waals surface area (Å²) in [6.07, 6.45) is 5.07. The topological polar surface area (TPSA) is 9.23 Å². The van der Waals surface area contributed by atoms with Gasteiger partial charge in [-0.1, -0.05) is 25.8 Å². The molecule has 0 aliphatic heterocycles. The van der Waals surface area contributed by atoms with Crippen molar-refractivity contribution in [3.63, 3.8) is 0 Å². The van der Waals surface area contributed by atoms with Crippen molar-refractivity contribution >= 4 is 0 Å². The van der Waals surface area contributed by atoms with Crippen LogP contribution in [0, 0.1) is 6.92 Å². The molecule has 0 aliphatic carbocycles. The third-order valence-electron chi connectivity index (χ3n) is 1.02. The molecule has 0 aromatic carbocycles. The van der Waals surface area contributed by atoms with Gasteiger partial charge in [-0.15, -0.1) is 6.58 Å². The minimum atomic E-state index is 0. The molecular formula is C8H15OZr. The molecule has 0 aromatic rings. The molecule has 10 heavy (non-hydrogen) atoms. The molecule has 0 spiro atoms. The summed E-state index contributed by atoms with van der Waals surface area (Å²) < 4.78 is 5.14. The molecular weight excluding hydrogens is 203 g/mol. The second-order valence-electron chi connectivity index (χ2n) is 1.92. The Balaban J connectivity index is 0. The van der Waals surface area contributed by atoms with E-state index in [0.29, 0.717) is 6.61 Å². The molecule has 0 atom stereocenters. The van der Waals surface area contributed by atoms with Gasteiger partial charge in [0, 0.05) is 32.8 Å². The van der Waals surface area contributed by atoms with E-state index in [1.807, 2.05) is 0 Å². The summed E-state index contributed by atoms with van der Waals surface area (Å²) >= 11 is 0. The zero-order chi connectivity index (χ0) is 6.95. The summed E-state index contributed by atoms with van der Waals surface area (Å²) in [6.45, 7) is 8.80. The zero-order valence-electron chi connectivity index (χ0n) is 6.44. The molecule has 0 saturated carbocycles. The summed E-state index contributed by atoms with van der Waals surface area (Å²) in [5, 5.41) is 0. The SMILES string of the molecule is [CH2]CCCCOCC=C.[Zr]. The number of ether oxygens (including phenoxy) is 1. The zero-order valence-corrected chi connectivity index (χ0v) is 8.89. The number of rotatable bonds is 6. The van der Waals surface area contributed by atoms with Gasteiger partial charge in [-0.05, 0) is 6.42 Å². The molecule has 1 radical (unpaired) electrons. The summed E-state index contributed by atoms with van der Waals surface area (Å²) in [6, 6.07) is 0. The van der Waals surface area contributed by atoms with Crippen LogP contribution in [0.5, 0.6) is 0 Å². The van der Waals surface area contributed by atoms with Crippen LogP contribution in [-0.4, -0.2) is 13.2 Å². The van der Waals surface area contributed by atoms with E-state index in [9.17, 15) is 0 Å². The van der Waals surface area contributed by atoms with Crippen LogP contribution in [0.15, 0.2) is 12.7 Å². The van der Waals surface area contributed by atoms with Crippen LogP contribution >= 0.6 is 0 Å². The van der Waals surface area contributed by atoms with Crippen LogP contribution in [-0.2, 0) is 30.9 Å². The van der Waals surface area contributed by atoms with E-state index in [1.165, 1.54) is 0 Å². The first-order valence-electron chi connectivity index (χ1n) is 3.39. The number of hydrogen-bond acceptors (Lipinski definition) is 1. The second-order valence-corrected chi connectivity index (χ2v) is 1.92. The van der Waals surface area contributed by atoms with Crippen LogP contribution in [0.3, 0.4) is 0 Å². The van der Waals surface area contributed by atoms with Crippen molar-refractivity contribution in [3.05, 3.63) is 19.6 Å². The van der Waals surface area contributed by atoms with Gasteiger partial charge in [0.25, 0.3) is 0 Å². The minimum Gasteiger partial charge on any atom is -0.377 e. The van der Waals surface area contributed by atoms with E-state index in [-0.39, 0.29) is 26.2 Å². The quantitative estimate of drug-likeness (QED) is 0.490. The number of unbranched alkanes of at least 4 members (excludes halogenated alkanes) is 2. The van der Waals surface area contributed by atoms with Crippen molar-refractivity contribution in [2.45, 2.75) is 19.3 Å². The molecule has 0 fully saturated rings. The van der Waals surface area contributed by atoms with E-state index < -0.39 is 0 Å². The van der Waals surface area contributed by atoms with Crippen LogP contribution < -0.4 is 0 Å². The van der Waals surface area contributed by atoms with Crippen molar-refractivity contribution in [2.24, 2.45) is 0 Å². The smallest absolute Gasteiger partial charge is 0.0644 e. The Hall–Kier alpha value is 0.583. The summed E-state index contributed by atoms with van der Waals surface area (Å²) in [4.78, 5) is 0. The first-order chi connectivity index (χ1) is 4.41. The maximum Gasteiger partial charge on any atom is 0.0644 e. The van der Waals surface area contributed by atoms with Crippen molar-refractivity contribution in [1.29, 1.82) is 0 Å². The van der Waals surface area contributed by atoms with Gasteiger partial charge in [-0.3, -0.25) is 0 Å². The van der Waals surface area contributed by atoms with Gasteiger partial charge in [0.05, 0.1) is 6.61 Å². The predicted molar refractivity (Wildman–Crippen MR) is 40.2 cm³/mol. The largest absolute Gasteiger partial charge is 0.377 e. The molecule has 0 aromatic heterocycles. The Morgan fingerprint density at radius 3 is 2.50 bits per heavy atom. The third-order valence-corrected chi connectivity index (χ3v) is 1.02. The molecule has 0 aliphatic rings. The van der Waals surface area contributed by atoms with Gasteiger partial charge in [-0.25, -0.2) is 0 Å². The van der Waals surface area contributed by atoms with Crippen LogP contribution in [0.1, 0.15) is 19.3 Å². The van der Waals surface area contributed by atoms with E-state index >= 15 is 0 Å². The van der Waals surface area contributed by atoms with E-state index in [0.717, 1.165) is 25.9 Å². The van der Waals surface area contributed by atoms with Gasteiger partial charge in [0.1, 0.15) is 0 Å². The molecule has 0 bridgehead atoms. The Labute approximate surface area is 83.0 Å². The van der Waals surface area contributed by atoms with Crippen molar-refractivity contribution in [3.8, 4) is 0 Å². The van der Waals surface area contributed by atoms with E-state index in [4.69, 9.17) is 4.74 Å². The van der Waals surface area contributed by atoms with Gasteiger partial charge in [-0.2, -0.15) is 0 Å².